The van der Waals surface area contributed by atoms with Gasteiger partial charge in [-0.15, -0.1) is 0 Å². The van der Waals surface area contributed by atoms with Crippen LogP contribution in [0.25, 0.3) is 0 Å². The van der Waals surface area contributed by atoms with Gasteiger partial charge in [-0.2, -0.15) is 0 Å². The number of ether oxygens (including phenoxy) is 1. The molecule has 1 aliphatic heterocycles. The Morgan fingerprint density at radius 3 is 2.53 bits per heavy atom. The van der Waals surface area contributed by atoms with Gasteiger partial charge in [-0.3, -0.25) is 4.79 Å². The fraction of sp³-hybridized carbons (Fsp3) is 0.533. The SMILES string of the molecule is CC1OC(C)C(C(=O)NCc2ccccc2Br)C1C. The van der Waals surface area contributed by atoms with Crippen LogP contribution in [0.2, 0.25) is 0 Å². The van der Waals surface area contributed by atoms with E-state index in [0.717, 1.165) is 10.0 Å². The molecular formula is C15H20BrNO2. The summed E-state index contributed by atoms with van der Waals surface area (Å²) in [6, 6.07) is 7.92. The average molecular weight is 326 g/mol. The van der Waals surface area contributed by atoms with Crippen molar-refractivity contribution in [2.45, 2.75) is 39.5 Å². The summed E-state index contributed by atoms with van der Waals surface area (Å²) in [6.07, 6.45) is 0.137. The topological polar surface area (TPSA) is 38.3 Å². The first-order chi connectivity index (χ1) is 9.00. The number of carbonyl (C=O) groups excluding carboxylic acids is 1. The van der Waals surface area contributed by atoms with E-state index in [0.29, 0.717) is 6.54 Å². The van der Waals surface area contributed by atoms with E-state index in [2.05, 4.69) is 28.2 Å². The molecule has 104 valence electrons. The zero-order valence-corrected chi connectivity index (χ0v) is 13.1. The summed E-state index contributed by atoms with van der Waals surface area (Å²) in [4.78, 5) is 12.3. The van der Waals surface area contributed by atoms with Crippen LogP contribution in [0.15, 0.2) is 28.7 Å². The van der Waals surface area contributed by atoms with E-state index in [1.54, 1.807) is 0 Å². The number of amides is 1. The Kier molecular flexibility index (Phi) is 4.63. The molecule has 2 rings (SSSR count). The summed E-state index contributed by atoms with van der Waals surface area (Å²) in [6.45, 7) is 6.63. The van der Waals surface area contributed by atoms with Crippen molar-refractivity contribution in [1.82, 2.24) is 5.32 Å². The van der Waals surface area contributed by atoms with E-state index in [-0.39, 0.29) is 30.0 Å². The molecule has 0 aromatic heterocycles. The second kappa shape index (κ2) is 6.06. The second-order valence-corrected chi connectivity index (χ2v) is 6.09. The molecule has 19 heavy (non-hydrogen) atoms. The number of hydrogen-bond acceptors (Lipinski definition) is 2. The van der Waals surface area contributed by atoms with Gasteiger partial charge in [0.2, 0.25) is 5.91 Å². The number of rotatable bonds is 3. The molecule has 1 amide bonds. The molecule has 4 atom stereocenters. The van der Waals surface area contributed by atoms with Crippen LogP contribution < -0.4 is 5.32 Å². The lowest BCUT2D eigenvalue weighted by molar-refractivity contribution is -0.127. The Balaban J connectivity index is 1.97. The Morgan fingerprint density at radius 1 is 1.26 bits per heavy atom. The molecule has 0 bridgehead atoms. The maximum atomic E-state index is 12.3. The first kappa shape index (κ1) is 14.5. The Hall–Kier alpha value is -0.870. The predicted molar refractivity (Wildman–Crippen MR) is 78.7 cm³/mol. The van der Waals surface area contributed by atoms with Gasteiger partial charge in [0.1, 0.15) is 0 Å². The van der Waals surface area contributed by atoms with Crippen LogP contribution in [0.4, 0.5) is 0 Å². The Labute approximate surface area is 122 Å². The van der Waals surface area contributed by atoms with Gasteiger partial charge in [-0.05, 0) is 31.4 Å². The van der Waals surface area contributed by atoms with Crippen molar-refractivity contribution in [2.75, 3.05) is 0 Å². The summed E-state index contributed by atoms with van der Waals surface area (Å²) in [5, 5.41) is 3.01. The molecule has 1 heterocycles. The normalized spacial score (nSPS) is 30.3. The molecule has 4 unspecified atom stereocenters. The van der Waals surface area contributed by atoms with Crippen molar-refractivity contribution in [3.05, 3.63) is 34.3 Å². The van der Waals surface area contributed by atoms with Crippen LogP contribution in [-0.4, -0.2) is 18.1 Å². The number of nitrogens with one attached hydrogen (secondary N) is 1. The number of hydrogen-bond donors (Lipinski definition) is 1. The van der Waals surface area contributed by atoms with Crippen LogP contribution in [0.1, 0.15) is 26.3 Å². The van der Waals surface area contributed by atoms with Crippen molar-refractivity contribution >= 4 is 21.8 Å². The van der Waals surface area contributed by atoms with Gasteiger partial charge < -0.3 is 10.1 Å². The molecule has 1 N–H and O–H groups in total. The third-order valence-electron chi connectivity index (χ3n) is 3.96. The zero-order chi connectivity index (χ0) is 14.0. The number of halogens is 1. The van der Waals surface area contributed by atoms with Crippen LogP contribution in [0, 0.1) is 11.8 Å². The highest BCUT2D eigenvalue weighted by Gasteiger charge is 2.41. The molecular weight excluding hydrogens is 306 g/mol. The maximum absolute atomic E-state index is 12.3. The minimum Gasteiger partial charge on any atom is -0.374 e. The smallest absolute Gasteiger partial charge is 0.226 e. The quantitative estimate of drug-likeness (QED) is 0.927. The van der Waals surface area contributed by atoms with E-state index in [1.807, 2.05) is 38.1 Å². The van der Waals surface area contributed by atoms with Gasteiger partial charge in [0.25, 0.3) is 0 Å². The van der Waals surface area contributed by atoms with E-state index in [1.165, 1.54) is 0 Å². The van der Waals surface area contributed by atoms with Crippen LogP contribution >= 0.6 is 15.9 Å². The first-order valence-corrected chi connectivity index (χ1v) is 7.46. The van der Waals surface area contributed by atoms with E-state index in [4.69, 9.17) is 4.74 Å². The highest BCUT2D eigenvalue weighted by atomic mass is 79.9. The first-order valence-electron chi connectivity index (χ1n) is 6.67. The molecule has 0 aliphatic carbocycles. The maximum Gasteiger partial charge on any atom is 0.226 e. The second-order valence-electron chi connectivity index (χ2n) is 5.24. The molecule has 0 saturated carbocycles. The van der Waals surface area contributed by atoms with E-state index in [9.17, 15) is 4.79 Å². The van der Waals surface area contributed by atoms with E-state index >= 15 is 0 Å². The summed E-state index contributed by atoms with van der Waals surface area (Å²) in [7, 11) is 0. The fourth-order valence-electron chi connectivity index (χ4n) is 2.66. The van der Waals surface area contributed by atoms with Crippen molar-refractivity contribution in [2.24, 2.45) is 11.8 Å². The highest BCUT2D eigenvalue weighted by Crippen LogP contribution is 2.32. The number of carbonyl (C=O) groups is 1. The fourth-order valence-corrected chi connectivity index (χ4v) is 3.09. The lowest BCUT2D eigenvalue weighted by atomic mass is 9.89. The average Bonchev–Trinajstić information content (AvgIpc) is 2.62. The molecule has 1 fully saturated rings. The summed E-state index contributed by atoms with van der Waals surface area (Å²) in [5.74, 6) is 0.284. The summed E-state index contributed by atoms with van der Waals surface area (Å²) < 4.78 is 6.73. The molecule has 4 heteroatoms. The molecule has 0 spiro atoms. The monoisotopic (exact) mass is 325 g/mol. The van der Waals surface area contributed by atoms with Gasteiger partial charge in [-0.25, -0.2) is 0 Å². The predicted octanol–water partition coefficient (Wildman–Crippen LogP) is 3.12. The lowest BCUT2D eigenvalue weighted by Gasteiger charge is -2.18. The number of benzene rings is 1. The van der Waals surface area contributed by atoms with Crippen LogP contribution in [-0.2, 0) is 16.1 Å². The third-order valence-corrected chi connectivity index (χ3v) is 4.73. The van der Waals surface area contributed by atoms with Gasteiger partial charge in [0, 0.05) is 11.0 Å². The van der Waals surface area contributed by atoms with E-state index < -0.39 is 0 Å². The largest absolute Gasteiger partial charge is 0.374 e. The third kappa shape index (κ3) is 3.18. The van der Waals surface area contributed by atoms with Gasteiger partial charge in [-0.1, -0.05) is 41.1 Å². The van der Waals surface area contributed by atoms with Crippen molar-refractivity contribution in [3.8, 4) is 0 Å². The molecule has 3 nitrogen and oxygen atoms in total. The molecule has 1 saturated heterocycles. The minimum atomic E-state index is -0.0579. The highest BCUT2D eigenvalue weighted by molar-refractivity contribution is 9.10. The van der Waals surface area contributed by atoms with Crippen LogP contribution in [0.3, 0.4) is 0 Å². The molecule has 1 aromatic carbocycles. The van der Waals surface area contributed by atoms with Crippen LogP contribution in [0.5, 0.6) is 0 Å². The summed E-state index contributed by atoms with van der Waals surface area (Å²) in [5.41, 5.74) is 1.09. The van der Waals surface area contributed by atoms with Gasteiger partial charge in [0.15, 0.2) is 0 Å². The molecule has 0 radical (unpaired) electrons. The van der Waals surface area contributed by atoms with Gasteiger partial charge in [0.05, 0.1) is 18.1 Å². The van der Waals surface area contributed by atoms with Gasteiger partial charge >= 0.3 is 0 Å². The van der Waals surface area contributed by atoms with Crippen molar-refractivity contribution in [1.29, 1.82) is 0 Å². The zero-order valence-electron chi connectivity index (χ0n) is 11.5. The van der Waals surface area contributed by atoms with Crippen molar-refractivity contribution < 1.29 is 9.53 Å². The Bertz CT molecular complexity index is 463. The molecule has 1 aliphatic rings. The molecule has 1 aromatic rings. The Morgan fingerprint density at radius 2 is 1.95 bits per heavy atom. The standard InChI is InChI=1S/C15H20BrNO2/c1-9-10(2)19-11(3)14(9)15(18)17-8-12-6-4-5-7-13(12)16/h4-7,9-11,14H,8H2,1-3H3,(H,17,18). The van der Waals surface area contributed by atoms with Crippen molar-refractivity contribution in [3.63, 3.8) is 0 Å². The minimum absolute atomic E-state index is 0.00999. The summed E-state index contributed by atoms with van der Waals surface area (Å²) >= 11 is 3.49. The lowest BCUT2D eigenvalue weighted by Crippen LogP contribution is -2.36.